The fourth-order valence-corrected chi connectivity index (χ4v) is 4.16. The molecule has 1 saturated carbocycles. The van der Waals surface area contributed by atoms with Crippen molar-refractivity contribution in [3.63, 3.8) is 0 Å². The number of aryl methyl sites for hydroxylation is 2. The fraction of sp³-hybridized carbons (Fsp3) is 0.800. The third kappa shape index (κ3) is 3.05. The molecule has 0 radical (unpaired) electrons. The van der Waals surface area contributed by atoms with Gasteiger partial charge in [0.05, 0.1) is 15.9 Å². The average Bonchev–Trinajstić information content (AvgIpc) is 2.97. The van der Waals surface area contributed by atoms with Gasteiger partial charge in [-0.2, -0.15) is 5.10 Å². The van der Waals surface area contributed by atoms with Crippen LogP contribution in [0, 0.1) is 5.41 Å². The van der Waals surface area contributed by atoms with Crippen LogP contribution in [0.15, 0.2) is 4.47 Å². The number of rotatable bonds is 6. The van der Waals surface area contributed by atoms with E-state index in [1.807, 2.05) is 0 Å². The van der Waals surface area contributed by atoms with Gasteiger partial charge in [0.1, 0.15) is 0 Å². The lowest BCUT2D eigenvalue weighted by atomic mass is 9.81. The monoisotopic (exact) mass is 327 g/mol. The largest absolute Gasteiger partial charge is 0.319 e. The second kappa shape index (κ2) is 6.40. The van der Waals surface area contributed by atoms with E-state index in [1.54, 1.807) is 0 Å². The van der Waals surface area contributed by atoms with E-state index in [2.05, 4.69) is 46.8 Å². The van der Waals surface area contributed by atoms with Crippen LogP contribution >= 0.6 is 15.9 Å². The van der Waals surface area contributed by atoms with Crippen molar-refractivity contribution in [2.75, 3.05) is 13.6 Å². The summed E-state index contributed by atoms with van der Waals surface area (Å²) >= 11 is 3.78. The molecule has 2 rings (SSSR count). The molecule has 19 heavy (non-hydrogen) atoms. The molecule has 0 spiro atoms. The minimum Gasteiger partial charge on any atom is -0.319 e. The van der Waals surface area contributed by atoms with E-state index in [0.717, 1.165) is 25.9 Å². The van der Waals surface area contributed by atoms with Crippen LogP contribution in [-0.2, 0) is 19.4 Å². The highest BCUT2D eigenvalue weighted by Gasteiger charge is 2.35. The van der Waals surface area contributed by atoms with Crippen LogP contribution in [0.2, 0.25) is 0 Å². The maximum atomic E-state index is 4.73. The molecule has 1 aliphatic carbocycles. The van der Waals surface area contributed by atoms with Gasteiger partial charge in [0, 0.05) is 13.1 Å². The molecule has 0 atom stereocenters. The highest BCUT2D eigenvalue weighted by atomic mass is 79.9. The lowest BCUT2D eigenvalue weighted by Gasteiger charge is -2.29. The van der Waals surface area contributed by atoms with Gasteiger partial charge in [-0.1, -0.05) is 19.8 Å². The Balaban J connectivity index is 2.28. The van der Waals surface area contributed by atoms with Crippen molar-refractivity contribution in [1.82, 2.24) is 15.1 Å². The molecular weight excluding hydrogens is 302 g/mol. The molecule has 108 valence electrons. The normalized spacial score (nSPS) is 18.1. The molecule has 1 aromatic rings. The van der Waals surface area contributed by atoms with Crippen molar-refractivity contribution in [2.45, 2.75) is 58.9 Å². The van der Waals surface area contributed by atoms with Crippen molar-refractivity contribution in [3.05, 3.63) is 15.9 Å². The molecule has 3 nitrogen and oxygen atoms in total. The van der Waals surface area contributed by atoms with Crippen LogP contribution in [0.3, 0.4) is 0 Å². The van der Waals surface area contributed by atoms with Gasteiger partial charge in [0.15, 0.2) is 0 Å². The minimum absolute atomic E-state index is 0.440. The summed E-state index contributed by atoms with van der Waals surface area (Å²) in [6.07, 6.45) is 7.59. The van der Waals surface area contributed by atoms with E-state index in [1.165, 1.54) is 41.5 Å². The van der Waals surface area contributed by atoms with Crippen LogP contribution < -0.4 is 5.32 Å². The van der Waals surface area contributed by atoms with Crippen LogP contribution in [0.5, 0.6) is 0 Å². The Bertz CT molecular complexity index is 419. The first kappa shape index (κ1) is 15.0. The Kier molecular flexibility index (Phi) is 5.07. The van der Waals surface area contributed by atoms with Crippen LogP contribution in [0.1, 0.15) is 50.9 Å². The lowest BCUT2D eigenvalue weighted by Crippen LogP contribution is -2.33. The Morgan fingerprint density at radius 2 is 2.00 bits per heavy atom. The zero-order valence-electron chi connectivity index (χ0n) is 12.4. The molecule has 1 aromatic heterocycles. The maximum absolute atomic E-state index is 4.73. The van der Waals surface area contributed by atoms with Gasteiger partial charge in [-0.3, -0.25) is 4.68 Å². The predicted octanol–water partition coefficient (Wildman–Crippen LogP) is 3.55. The summed E-state index contributed by atoms with van der Waals surface area (Å²) in [5.41, 5.74) is 3.04. The number of aromatic nitrogens is 2. The summed E-state index contributed by atoms with van der Waals surface area (Å²) in [7, 11) is 2.07. The molecule has 0 aliphatic heterocycles. The topological polar surface area (TPSA) is 29.9 Å². The summed E-state index contributed by atoms with van der Waals surface area (Å²) in [5, 5.41) is 8.13. The zero-order chi connectivity index (χ0) is 13.9. The molecule has 1 aliphatic rings. The first-order chi connectivity index (χ1) is 9.15. The van der Waals surface area contributed by atoms with Gasteiger partial charge >= 0.3 is 0 Å². The Labute approximate surface area is 125 Å². The van der Waals surface area contributed by atoms with Crippen molar-refractivity contribution < 1.29 is 0 Å². The second-order valence-electron chi connectivity index (χ2n) is 5.79. The number of hydrogen-bond acceptors (Lipinski definition) is 2. The molecule has 1 heterocycles. The molecule has 0 amide bonds. The van der Waals surface area contributed by atoms with Crippen LogP contribution in [0.25, 0.3) is 0 Å². The van der Waals surface area contributed by atoms with Crippen LogP contribution in [0.4, 0.5) is 0 Å². The van der Waals surface area contributed by atoms with Crippen molar-refractivity contribution in [3.8, 4) is 0 Å². The molecule has 0 bridgehead atoms. The zero-order valence-corrected chi connectivity index (χ0v) is 14.0. The van der Waals surface area contributed by atoms with Gasteiger partial charge in [0.2, 0.25) is 0 Å². The van der Waals surface area contributed by atoms with E-state index in [0.29, 0.717) is 5.41 Å². The van der Waals surface area contributed by atoms with E-state index < -0.39 is 0 Å². The molecule has 0 unspecified atom stereocenters. The van der Waals surface area contributed by atoms with Gasteiger partial charge < -0.3 is 5.32 Å². The number of hydrogen-bond donors (Lipinski definition) is 1. The first-order valence-electron chi connectivity index (χ1n) is 7.54. The molecule has 0 saturated heterocycles. The summed E-state index contributed by atoms with van der Waals surface area (Å²) in [5.74, 6) is 0. The summed E-state index contributed by atoms with van der Waals surface area (Å²) in [4.78, 5) is 0. The van der Waals surface area contributed by atoms with Crippen molar-refractivity contribution in [1.29, 1.82) is 0 Å². The SMILES string of the molecule is CCc1nn(CC)c(CC2(CNC)CCCC2)c1Br. The highest BCUT2D eigenvalue weighted by Crippen LogP contribution is 2.42. The molecular formula is C15H26BrN3. The smallest absolute Gasteiger partial charge is 0.0766 e. The molecule has 0 aromatic carbocycles. The Morgan fingerprint density at radius 1 is 1.32 bits per heavy atom. The standard InChI is InChI=1S/C15H26BrN3/c1-4-12-14(16)13(19(5-2)18-12)10-15(11-17-3)8-6-7-9-15/h17H,4-11H2,1-3H3. The average molecular weight is 328 g/mol. The van der Waals surface area contributed by atoms with Crippen molar-refractivity contribution in [2.24, 2.45) is 5.41 Å². The third-order valence-corrected chi connectivity index (χ3v) is 5.37. The van der Waals surface area contributed by atoms with E-state index in [-0.39, 0.29) is 0 Å². The fourth-order valence-electron chi connectivity index (χ4n) is 3.46. The van der Waals surface area contributed by atoms with E-state index in [9.17, 15) is 0 Å². The highest BCUT2D eigenvalue weighted by molar-refractivity contribution is 9.10. The first-order valence-corrected chi connectivity index (χ1v) is 8.33. The van der Waals surface area contributed by atoms with E-state index in [4.69, 9.17) is 5.10 Å². The second-order valence-corrected chi connectivity index (χ2v) is 6.58. The van der Waals surface area contributed by atoms with E-state index >= 15 is 0 Å². The lowest BCUT2D eigenvalue weighted by molar-refractivity contribution is 0.277. The van der Waals surface area contributed by atoms with Gasteiger partial charge in [0.25, 0.3) is 0 Å². The Hall–Kier alpha value is -0.350. The summed E-state index contributed by atoms with van der Waals surface area (Å²) < 4.78 is 3.44. The molecule has 1 fully saturated rings. The summed E-state index contributed by atoms with van der Waals surface area (Å²) in [6.45, 7) is 6.44. The number of halogens is 1. The molecule has 1 N–H and O–H groups in total. The molecule has 4 heteroatoms. The third-order valence-electron chi connectivity index (χ3n) is 4.45. The summed E-state index contributed by atoms with van der Waals surface area (Å²) in [6, 6.07) is 0. The number of nitrogens with one attached hydrogen (secondary N) is 1. The van der Waals surface area contributed by atoms with Crippen LogP contribution in [-0.4, -0.2) is 23.4 Å². The van der Waals surface area contributed by atoms with Gasteiger partial charge in [-0.15, -0.1) is 0 Å². The quantitative estimate of drug-likeness (QED) is 0.865. The Morgan fingerprint density at radius 3 is 2.53 bits per heavy atom. The number of nitrogens with zero attached hydrogens (tertiary/aromatic N) is 2. The van der Waals surface area contributed by atoms with Gasteiger partial charge in [-0.05, 0) is 61.0 Å². The predicted molar refractivity (Wildman–Crippen MR) is 83.5 cm³/mol. The van der Waals surface area contributed by atoms with Gasteiger partial charge in [-0.25, -0.2) is 0 Å². The van der Waals surface area contributed by atoms with Crippen molar-refractivity contribution >= 4 is 15.9 Å². The minimum atomic E-state index is 0.440. The maximum Gasteiger partial charge on any atom is 0.0766 e.